The lowest BCUT2D eigenvalue weighted by Gasteiger charge is -2.23. The largest absolute Gasteiger partial charge is 0.481 e. The number of hydrogen-bond acceptors (Lipinski definition) is 2. The van der Waals surface area contributed by atoms with E-state index in [0.29, 0.717) is 18.4 Å². The first-order chi connectivity index (χ1) is 7.60. The number of carboxylic acids is 1. The Bertz CT molecular complexity index is 415. The molecule has 1 aliphatic carbocycles. The number of nitrogens with one attached hydrogen (secondary N) is 1. The van der Waals surface area contributed by atoms with Crippen molar-refractivity contribution in [2.45, 2.75) is 18.9 Å². The summed E-state index contributed by atoms with van der Waals surface area (Å²) in [7, 11) is 1.71. The first-order valence-electron chi connectivity index (χ1n) is 5.26. The monoisotopic (exact) mass is 223 g/mol. The van der Waals surface area contributed by atoms with Crippen molar-refractivity contribution in [3.8, 4) is 0 Å². The molecule has 1 fully saturated rings. The average molecular weight is 223 g/mol. The van der Waals surface area contributed by atoms with E-state index in [-0.39, 0.29) is 11.9 Å². The van der Waals surface area contributed by atoms with Gasteiger partial charge in [0.15, 0.2) is 0 Å². The molecule has 0 bridgehead atoms. The molecule has 2 rings (SSSR count). The number of halogens is 1. The van der Waals surface area contributed by atoms with Crippen molar-refractivity contribution < 1.29 is 14.3 Å². The highest BCUT2D eigenvalue weighted by molar-refractivity contribution is 5.79. The van der Waals surface area contributed by atoms with Crippen LogP contribution < -0.4 is 5.32 Å². The lowest BCUT2D eigenvalue weighted by atomic mass is 9.90. The van der Waals surface area contributed by atoms with Gasteiger partial charge < -0.3 is 10.4 Å². The summed E-state index contributed by atoms with van der Waals surface area (Å²) < 4.78 is 13.1. The molecule has 4 heteroatoms. The summed E-state index contributed by atoms with van der Waals surface area (Å²) in [5.41, 5.74) is -0.0508. The van der Waals surface area contributed by atoms with Crippen LogP contribution in [-0.4, -0.2) is 18.1 Å². The summed E-state index contributed by atoms with van der Waals surface area (Å²) in [5.74, 6) is -1.14. The van der Waals surface area contributed by atoms with Gasteiger partial charge in [0.1, 0.15) is 5.82 Å². The molecule has 1 unspecified atom stereocenters. The molecule has 1 aromatic carbocycles. The van der Waals surface area contributed by atoms with Crippen LogP contribution >= 0.6 is 0 Å². The third kappa shape index (κ3) is 1.69. The van der Waals surface area contributed by atoms with Gasteiger partial charge in [0, 0.05) is 6.04 Å². The maximum Gasteiger partial charge on any atom is 0.311 e. The van der Waals surface area contributed by atoms with Crippen molar-refractivity contribution in [1.29, 1.82) is 0 Å². The number of carboxylic acid groups (broad SMARTS) is 1. The molecule has 1 aromatic rings. The molecular weight excluding hydrogens is 209 g/mol. The molecule has 0 aliphatic heterocycles. The number of benzene rings is 1. The molecule has 0 radical (unpaired) electrons. The zero-order valence-corrected chi connectivity index (χ0v) is 9.03. The molecule has 1 atom stereocenters. The van der Waals surface area contributed by atoms with Crippen LogP contribution in [0.15, 0.2) is 24.3 Å². The summed E-state index contributed by atoms with van der Waals surface area (Å²) in [5, 5.41) is 12.2. The Balaban J connectivity index is 2.33. The van der Waals surface area contributed by atoms with Crippen LogP contribution in [0.3, 0.4) is 0 Å². The summed E-state index contributed by atoms with van der Waals surface area (Å²) in [6.45, 7) is 0. The van der Waals surface area contributed by atoms with E-state index in [1.54, 1.807) is 19.2 Å². The molecule has 16 heavy (non-hydrogen) atoms. The fraction of sp³-hybridized carbons (Fsp3) is 0.417. The quantitative estimate of drug-likeness (QED) is 0.820. The summed E-state index contributed by atoms with van der Waals surface area (Å²) in [6.07, 6.45) is 1.29. The topological polar surface area (TPSA) is 49.3 Å². The molecular formula is C12H14FNO2. The minimum absolute atomic E-state index is 0.319. The van der Waals surface area contributed by atoms with Crippen molar-refractivity contribution in [3.63, 3.8) is 0 Å². The number of rotatable bonds is 4. The van der Waals surface area contributed by atoms with Gasteiger partial charge in [-0.2, -0.15) is 0 Å². The van der Waals surface area contributed by atoms with E-state index in [2.05, 4.69) is 5.32 Å². The van der Waals surface area contributed by atoms with E-state index >= 15 is 0 Å². The molecule has 3 nitrogen and oxygen atoms in total. The van der Waals surface area contributed by atoms with Crippen LogP contribution in [0.4, 0.5) is 4.39 Å². The predicted octanol–water partition coefficient (Wildman–Crippen LogP) is 1.95. The predicted molar refractivity (Wildman–Crippen MR) is 57.5 cm³/mol. The smallest absolute Gasteiger partial charge is 0.311 e. The highest BCUT2D eigenvalue weighted by Gasteiger charge is 2.56. The summed E-state index contributed by atoms with van der Waals surface area (Å²) in [4.78, 5) is 11.2. The molecule has 0 spiro atoms. The maximum absolute atomic E-state index is 13.1. The fourth-order valence-corrected chi connectivity index (χ4v) is 2.21. The highest BCUT2D eigenvalue weighted by Crippen LogP contribution is 2.55. The second kappa shape index (κ2) is 3.87. The van der Waals surface area contributed by atoms with E-state index in [9.17, 15) is 14.3 Å². The number of carbonyl (C=O) groups is 1. The Labute approximate surface area is 93.3 Å². The van der Waals surface area contributed by atoms with Gasteiger partial charge in [-0.3, -0.25) is 4.79 Å². The highest BCUT2D eigenvalue weighted by atomic mass is 19.1. The Hall–Kier alpha value is -1.42. The third-order valence-electron chi connectivity index (χ3n) is 3.24. The van der Waals surface area contributed by atoms with Crippen molar-refractivity contribution in [3.05, 3.63) is 35.6 Å². The molecule has 0 heterocycles. The van der Waals surface area contributed by atoms with Gasteiger partial charge in [-0.15, -0.1) is 0 Å². The molecule has 1 aliphatic rings. The van der Waals surface area contributed by atoms with Crippen LogP contribution in [0.2, 0.25) is 0 Å². The molecule has 0 amide bonds. The van der Waals surface area contributed by atoms with E-state index < -0.39 is 11.4 Å². The molecule has 0 saturated heterocycles. The Morgan fingerprint density at radius 3 is 2.69 bits per heavy atom. The van der Waals surface area contributed by atoms with Gasteiger partial charge in [-0.05, 0) is 37.6 Å². The maximum atomic E-state index is 13.1. The zero-order valence-electron chi connectivity index (χ0n) is 9.03. The van der Waals surface area contributed by atoms with Crippen molar-refractivity contribution in [1.82, 2.24) is 5.32 Å². The number of hydrogen-bond donors (Lipinski definition) is 2. The van der Waals surface area contributed by atoms with Crippen LogP contribution in [0.25, 0.3) is 0 Å². The average Bonchev–Trinajstić information content (AvgIpc) is 3.00. The Kier molecular flexibility index (Phi) is 2.68. The second-order valence-electron chi connectivity index (χ2n) is 4.24. The number of aliphatic carboxylic acids is 1. The van der Waals surface area contributed by atoms with Gasteiger partial charge in [-0.25, -0.2) is 4.39 Å². The van der Waals surface area contributed by atoms with Gasteiger partial charge in [0.05, 0.1) is 5.41 Å². The molecule has 1 saturated carbocycles. The van der Waals surface area contributed by atoms with Gasteiger partial charge in [0.25, 0.3) is 0 Å². The zero-order chi connectivity index (χ0) is 11.8. The van der Waals surface area contributed by atoms with Gasteiger partial charge >= 0.3 is 5.97 Å². The van der Waals surface area contributed by atoms with Crippen LogP contribution in [0.5, 0.6) is 0 Å². The molecule has 2 N–H and O–H groups in total. The van der Waals surface area contributed by atoms with Crippen molar-refractivity contribution in [2.75, 3.05) is 7.05 Å². The Morgan fingerprint density at radius 2 is 2.25 bits per heavy atom. The second-order valence-corrected chi connectivity index (χ2v) is 4.24. The Morgan fingerprint density at radius 1 is 1.56 bits per heavy atom. The lowest BCUT2D eigenvalue weighted by molar-refractivity contribution is -0.144. The molecule has 0 aromatic heterocycles. The van der Waals surface area contributed by atoms with Crippen molar-refractivity contribution in [2.24, 2.45) is 5.41 Å². The lowest BCUT2D eigenvalue weighted by Crippen LogP contribution is -2.32. The van der Waals surface area contributed by atoms with E-state index in [1.165, 1.54) is 12.1 Å². The fourth-order valence-electron chi connectivity index (χ4n) is 2.21. The minimum Gasteiger partial charge on any atom is -0.481 e. The normalized spacial score (nSPS) is 19.1. The molecule has 86 valence electrons. The van der Waals surface area contributed by atoms with E-state index in [0.717, 1.165) is 0 Å². The third-order valence-corrected chi connectivity index (χ3v) is 3.24. The standard InChI is InChI=1S/C12H14FNO2/c1-14-10(12(5-6-12)11(15)16)8-3-2-4-9(13)7-8/h2-4,7,10,14H,5-6H2,1H3,(H,15,16). The van der Waals surface area contributed by atoms with Crippen LogP contribution in [-0.2, 0) is 4.79 Å². The first kappa shape index (κ1) is 11.1. The van der Waals surface area contributed by atoms with Crippen LogP contribution in [0.1, 0.15) is 24.4 Å². The minimum atomic E-state index is -0.809. The van der Waals surface area contributed by atoms with Crippen LogP contribution in [0, 0.1) is 11.2 Å². The van der Waals surface area contributed by atoms with E-state index in [4.69, 9.17) is 0 Å². The van der Waals surface area contributed by atoms with E-state index in [1.807, 2.05) is 0 Å². The summed E-state index contributed by atoms with van der Waals surface area (Å²) in [6, 6.07) is 5.79. The van der Waals surface area contributed by atoms with Gasteiger partial charge in [0.2, 0.25) is 0 Å². The SMILES string of the molecule is CNC(c1cccc(F)c1)C1(C(=O)O)CC1. The first-order valence-corrected chi connectivity index (χ1v) is 5.26. The van der Waals surface area contributed by atoms with Crippen molar-refractivity contribution >= 4 is 5.97 Å². The van der Waals surface area contributed by atoms with Gasteiger partial charge in [-0.1, -0.05) is 12.1 Å². The summed E-state index contributed by atoms with van der Waals surface area (Å²) >= 11 is 0.